The van der Waals surface area contributed by atoms with Crippen LogP contribution in [0.1, 0.15) is 35.2 Å². The van der Waals surface area contributed by atoms with E-state index in [-0.39, 0.29) is 24.2 Å². The number of piperidine rings is 1. The van der Waals surface area contributed by atoms with E-state index in [1.807, 2.05) is 13.0 Å². The maximum atomic E-state index is 12.6. The van der Waals surface area contributed by atoms with Crippen LogP contribution in [-0.2, 0) is 4.79 Å². The predicted molar refractivity (Wildman–Crippen MR) is 110 cm³/mol. The van der Waals surface area contributed by atoms with Gasteiger partial charge in [0.15, 0.2) is 0 Å². The number of nitrogen functional groups attached to an aromatic ring is 1. The number of carbonyl (C=O) groups is 2. The smallest absolute Gasteiger partial charge is 0.256 e. The second-order valence-corrected chi connectivity index (χ2v) is 6.42. The van der Waals surface area contributed by atoms with Crippen molar-refractivity contribution in [2.24, 2.45) is 0 Å². The molecule has 1 saturated heterocycles. The first kappa shape index (κ1) is 20.6. The lowest BCUT2D eigenvalue weighted by molar-refractivity contribution is -0.119. The molecule has 0 bridgehead atoms. The number of nitrogens with one attached hydrogen (secondary N) is 1. The lowest BCUT2D eigenvalue weighted by atomic mass is 10.1. The van der Waals surface area contributed by atoms with Gasteiger partial charge in [-0.2, -0.15) is 0 Å². The molecule has 27 heavy (non-hydrogen) atoms. The number of hydrogen-bond donors (Lipinski definition) is 2. The van der Waals surface area contributed by atoms with Crippen molar-refractivity contribution in [1.82, 2.24) is 0 Å². The largest absolute Gasteiger partial charge is 0.495 e. The van der Waals surface area contributed by atoms with Gasteiger partial charge in [-0.15, -0.1) is 12.4 Å². The maximum absolute atomic E-state index is 12.6. The van der Waals surface area contributed by atoms with Crippen LogP contribution in [0.5, 0.6) is 5.75 Å². The molecule has 1 heterocycles. The minimum atomic E-state index is -0.240. The van der Waals surface area contributed by atoms with Gasteiger partial charge >= 0.3 is 0 Å². The summed E-state index contributed by atoms with van der Waals surface area (Å²) in [6.45, 7) is 2.52. The summed E-state index contributed by atoms with van der Waals surface area (Å²) in [5.74, 6) is 0.443. The summed E-state index contributed by atoms with van der Waals surface area (Å²) in [5, 5.41) is 2.88. The number of ether oxygens (including phenoxy) is 1. The average Bonchev–Trinajstić information content (AvgIpc) is 2.64. The Hall–Kier alpha value is -2.73. The standard InChI is InChI=1S/C20H23N3O3.ClH/c1-13-6-7-14(21)11-16(13)20(25)22-15-8-9-18(26-2)17(12-15)23-10-4-3-5-19(23)24;/h6-9,11-12H,3-5,10,21H2,1-2H3,(H,22,25);1H. The summed E-state index contributed by atoms with van der Waals surface area (Å²) in [6.07, 6.45) is 2.39. The molecule has 1 aliphatic heterocycles. The van der Waals surface area contributed by atoms with Gasteiger partial charge in [-0.25, -0.2) is 0 Å². The number of anilines is 3. The second-order valence-electron chi connectivity index (χ2n) is 6.42. The highest BCUT2D eigenvalue weighted by Crippen LogP contribution is 2.33. The van der Waals surface area contributed by atoms with Crippen molar-refractivity contribution < 1.29 is 14.3 Å². The molecule has 2 aromatic carbocycles. The van der Waals surface area contributed by atoms with E-state index < -0.39 is 0 Å². The molecule has 0 atom stereocenters. The minimum absolute atomic E-state index is 0. The van der Waals surface area contributed by atoms with E-state index in [2.05, 4.69) is 5.32 Å². The van der Waals surface area contributed by atoms with Crippen molar-refractivity contribution in [3.05, 3.63) is 47.5 Å². The van der Waals surface area contributed by atoms with Crippen molar-refractivity contribution in [3.63, 3.8) is 0 Å². The van der Waals surface area contributed by atoms with Crippen LogP contribution in [0.15, 0.2) is 36.4 Å². The van der Waals surface area contributed by atoms with Gasteiger partial charge in [0.1, 0.15) is 5.75 Å². The molecule has 3 N–H and O–H groups in total. The van der Waals surface area contributed by atoms with Crippen molar-refractivity contribution in [3.8, 4) is 5.75 Å². The molecule has 0 saturated carbocycles. The van der Waals surface area contributed by atoms with Crippen LogP contribution in [0.2, 0.25) is 0 Å². The number of carbonyl (C=O) groups excluding carboxylic acids is 2. The van der Waals surface area contributed by atoms with Crippen LogP contribution in [0.25, 0.3) is 0 Å². The van der Waals surface area contributed by atoms with Gasteiger partial charge in [-0.3, -0.25) is 9.59 Å². The molecule has 1 aliphatic rings. The molecule has 2 aromatic rings. The third-order valence-corrected chi connectivity index (χ3v) is 4.56. The Labute approximate surface area is 165 Å². The highest BCUT2D eigenvalue weighted by atomic mass is 35.5. The van der Waals surface area contributed by atoms with E-state index in [1.54, 1.807) is 42.3 Å². The Bertz CT molecular complexity index is 854. The van der Waals surface area contributed by atoms with E-state index in [0.29, 0.717) is 41.3 Å². The third-order valence-electron chi connectivity index (χ3n) is 4.56. The molecule has 1 fully saturated rings. The molecule has 0 unspecified atom stereocenters. The minimum Gasteiger partial charge on any atom is -0.495 e. The van der Waals surface area contributed by atoms with E-state index in [0.717, 1.165) is 18.4 Å². The van der Waals surface area contributed by atoms with Crippen molar-refractivity contribution in [2.45, 2.75) is 26.2 Å². The van der Waals surface area contributed by atoms with Crippen LogP contribution < -0.4 is 20.7 Å². The Morgan fingerprint density at radius 3 is 2.67 bits per heavy atom. The number of benzene rings is 2. The molecule has 0 radical (unpaired) electrons. The van der Waals surface area contributed by atoms with Crippen molar-refractivity contribution in [1.29, 1.82) is 0 Å². The van der Waals surface area contributed by atoms with Crippen LogP contribution in [0.4, 0.5) is 17.1 Å². The lowest BCUT2D eigenvalue weighted by Gasteiger charge is -2.28. The molecule has 0 spiro atoms. The quantitative estimate of drug-likeness (QED) is 0.779. The monoisotopic (exact) mass is 389 g/mol. The van der Waals surface area contributed by atoms with Crippen LogP contribution in [0.3, 0.4) is 0 Å². The number of nitrogens with zero attached hydrogens (tertiary/aromatic N) is 1. The van der Waals surface area contributed by atoms with E-state index in [1.165, 1.54) is 0 Å². The molecule has 6 nitrogen and oxygen atoms in total. The highest BCUT2D eigenvalue weighted by Gasteiger charge is 2.23. The highest BCUT2D eigenvalue weighted by molar-refractivity contribution is 6.06. The predicted octanol–water partition coefficient (Wildman–Crippen LogP) is 3.78. The van der Waals surface area contributed by atoms with E-state index in [4.69, 9.17) is 10.5 Å². The Kier molecular flexibility index (Phi) is 6.69. The zero-order valence-corrected chi connectivity index (χ0v) is 16.3. The van der Waals surface area contributed by atoms with Crippen LogP contribution >= 0.6 is 12.4 Å². The number of hydrogen-bond acceptors (Lipinski definition) is 4. The van der Waals surface area contributed by atoms with Gasteiger partial charge in [0.05, 0.1) is 12.8 Å². The fourth-order valence-corrected chi connectivity index (χ4v) is 3.12. The molecular formula is C20H24ClN3O3. The zero-order chi connectivity index (χ0) is 18.7. The lowest BCUT2D eigenvalue weighted by Crippen LogP contribution is -2.35. The summed E-state index contributed by atoms with van der Waals surface area (Å²) in [4.78, 5) is 26.6. The summed E-state index contributed by atoms with van der Waals surface area (Å²) in [5.41, 5.74) is 8.98. The maximum Gasteiger partial charge on any atom is 0.256 e. The van der Waals surface area contributed by atoms with Crippen molar-refractivity contribution in [2.75, 3.05) is 29.6 Å². The van der Waals surface area contributed by atoms with Gasteiger partial charge in [0.2, 0.25) is 5.91 Å². The van der Waals surface area contributed by atoms with E-state index >= 15 is 0 Å². The molecule has 0 aliphatic carbocycles. The summed E-state index contributed by atoms with van der Waals surface area (Å²) in [6, 6.07) is 10.5. The number of amides is 2. The first-order valence-corrected chi connectivity index (χ1v) is 8.65. The molecular weight excluding hydrogens is 366 g/mol. The van der Waals surface area contributed by atoms with Gasteiger partial charge in [0.25, 0.3) is 5.91 Å². The third kappa shape index (κ3) is 4.52. The van der Waals surface area contributed by atoms with Gasteiger partial charge < -0.3 is 20.7 Å². The molecule has 3 rings (SSSR count). The van der Waals surface area contributed by atoms with Crippen molar-refractivity contribution >= 4 is 41.3 Å². The Morgan fingerprint density at radius 2 is 1.96 bits per heavy atom. The van der Waals surface area contributed by atoms with Gasteiger partial charge in [0, 0.05) is 29.9 Å². The number of rotatable bonds is 4. The first-order chi connectivity index (χ1) is 12.5. The zero-order valence-electron chi connectivity index (χ0n) is 15.5. The van der Waals surface area contributed by atoms with Gasteiger partial charge in [-0.1, -0.05) is 6.07 Å². The summed E-state index contributed by atoms with van der Waals surface area (Å²) in [7, 11) is 1.57. The normalized spacial score (nSPS) is 13.7. The second kappa shape index (κ2) is 8.77. The van der Waals surface area contributed by atoms with E-state index in [9.17, 15) is 9.59 Å². The average molecular weight is 390 g/mol. The fourth-order valence-electron chi connectivity index (χ4n) is 3.12. The Morgan fingerprint density at radius 1 is 1.19 bits per heavy atom. The summed E-state index contributed by atoms with van der Waals surface area (Å²) < 4.78 is 5.40. The molecule has 144 valence electrons. The van der Waals surface area contributed by atoms with Crippen LogP contribution in [-0.4, -0.2) is 25.5 Å². The van der Waals surface area contributed by atoms with Crippen LogP contribution in [0, 0.1) is 6.92 Å². The number of halogens is 1. The summed E-state index contributed by atoms with van der Waals surface area (Å²) >= 11 is 0. The first-order valence-electron chi connectivity index (χ1n) is 8.65. The topological polar surface area (TPSA) is 84.7 Å². The number of methoxy groups -OCH3 is 1. The van der Waals surface area contributed by atoms with Gasteiger partial charge in [-0.05, 0) is 55.7 Å². The molecule has 2 amide bonds. The SMILES string of the molecule is COc1ccc(NC(=O)c2cc(N)ccc2C)cc1N1CCCCC1=O.Cl. The molecule has 0 aromatic heterocycles. The Balaban J connectivity index is 0.00000261. The number of nitrogens with two attached hydrogens (primary N) is 1. The fraction of sp³-hybridized carbons (Fsp3) is 0.300. The molecule has 7 heteroatoms. The number of aryl methyl sites for hydroxylation is 1.